The van der Waals surface area contributed by atoms with E-state index in [1.54, 1.807) is 0 Å². The summed E-state index contributed by atoms with van der Waals surface area (Å²) in [6.07, 6.45) is 7.58. The molecule has 0 radical (unpaired) electrons. The topological polar surface area (TPSA) is 35.8 Å². The fourth-order valence-corrected chi connectivity index (χ4v) is 3.29. The van der Waals surface area contributed by atoms with Crippen molar-refractivity contribution in [2.24, 2.45) is 12.0 Å². The van der Waals surface area contributed by atoms with Gasteiger partial charge in [0.15, 0.2) is 5.96 Å². The average molecular weight is 447 g/mol. The molecule has 1 aromatic heterocycles. The molecule has 0 bridgehead atoms. The second-order valence-electron chi connectivity index (χ2n) is 6.62. The van der Waals surface area contributed by atoms with E-state index in [0.717, 1.165) is 38.2 Å². The van der Waals surface area contributed by atoms with Gasteiger partial charge < -0.3 is 19.7 Å². The molecule has 1 saturated carbocycles. The van der Waals surface area contributed by atoms with Crippen molar-refractivity contribution < 1.29 is 0 Å². The molecule has 1 N–H and O–H groups in total. The third-order valence-corrected chi connectivity index (χ3v) is 4.81. The summed E-state index contributed by atoms with van der Waals surface area (Å²) in [5.41, 5.74) is 1.29. The molecule has 1 aliphatic rings. The maximum absolute atomic E-state index is 4.82. The molecule has 0 amide bonds. The van der Waals surface area contributed by atoms with Gasteiger partial charge >= 0.3 is 0 Å². The SMILES string of the molecule is CCNC(=NCCN(C)C1CCCC1)N(C)Cc1cccn1C.I. The van der Waals surface area contributed by atoms with Gasteiger partial charge in [-0.15, -0.1) is 24.0 Å². The minimum absolute atomic E-state index is 0. The van der Waals surface area contributed by atoms with E-state index in [-0.39, 0.29) is 24.0 Å². The first-order chi connectivity index (χ1) is 11.1. The predicted molar refractivity (Wildman–Crippen MR) is 113 cm³/mol. The molecule has 1 aromatic rings. The highest BCUT2D eigenvalue weighted by Crippen LogP contribution is 2.21. The van der Waals surface area contributed by atoms with Crippen LogP contribution in [0.1, 0.15) is 38.3 Å². The first-order valence-electron chi connectivity index (χ1n) is 8.91. The van der Waals surface area contributed by atoms with Crippen LogP contribution in [0, 0.1) is 0 Å². The van der Waals surface area contributed by atoms with Crippen LogP contribution in [0.4, 0.5) is 0 Å². The molecule has 24 heavy (non-hydrogen) atoms. The largest absolute Gasteiger partial charge is 0.357 e. The van der Waals surface area contributed by atoms with E-state index in [1.165, 1.54) is 31.4 Å². The first-order valence-corrected chi connectivity index (χ1v) is 8.91. The van der Waals surface area contributed by atoms with Crippen molar-refractivity contribution in [1.29, 1.82) is 0 Å². The molecule has 0 saturated heterocycles. The van der Waals surface area contributed by atoms with E-state index in [9.17, 15) is 0 Å². The maximum Gasteiger partial charge on any atom is 0.194 e. The Morgan fingerprint density at radius 2 is 2.04 bits per heavy atom. The molecule has 1 aliphatic carbocycles. The molecule has 1 fully saturated rings. The summed E-state index contributed by atoms with van der Waals surface area (Å²) in [7, 11) is 6.44. The lowest BCUT2D eigenvalue weighted by atomic mass is 10.2. The quantitative estimate of drug-likeness (QED) is 0.397. The van der Waals surface area contributed by atoms with Crippen molar-refractivity contribution in [1.82, 2.24) is 19.7 Å². The molecule has 0 atom stereocenters. The van der Waals surface area contributed by atoms with E-state index >= 15 is 0 Å². The number of likely N-dealkylation sites (N-methyl/N-ethyl adjacent to an activating group) is 1. The number of aliphatic imine (C=N–C) groups is 1. The minimum Gasteiger partial charge on any atom is -0.357 e. The van der Waals surface area contributed by atoms with Gasteiger partial charge in [-0.1, -0.05) is 12.8 Å². The zero-order chi connectivity index (χ0) is 16.7. The number of guanidine groups is 1. The number of hydrogen-bond acceptors (Lipinski definition) is 2. The lowest BCUT2D eigenvalue weighted by Gasteiger charge is -2.25. The van der Waals surface area contributed by atoms with Crippen LogP contribution in [-0.4, -0.2) is 60.1 Å². The first kappa shape index (κ1) is 21.3. The van der Waals surface area contributed by atoms with Gasteiger partial charge in [-0.05, 0) is 38.9 Å². The molecule has 1 heterocycles. The Bertz CT molecular complexity index is 493. The van der Waals surface area contributed by atoms with Gasteiger partial charge in [-0.3, -0.25) is 4.99 Å². The Labute approximate surface area is 164 Å². The monoisotopic (exact) mass is 447 g/mol. The molecule has 6 heteroatoms. The second-order valence-corrected chi connectivity index (χ2v) is 6.62. The van der Waals surface area contributed by atoms with Gasteiger partial charge in [-0.25, -0.2) is 0 Å². The number of aryl methyl sites for hydroxylation is 1. The fraction of sp³-hybridized carbons (Fsp3) is 0.722. The standard InChI is InChI=1S/C18H33N5.HI/c1-5-19-18(23(4)15-17-11-8-13-21(17)2)20-12-14-22(3)16-9-6-7-10-16;/h8,11,13,16H,5-7,9-10,12,14-15H2,1-4H3,(H,19,20);1H. The number of halogens is 1. The average Bonchev–Trinajstić information content (AvgIpc) is 3.19. The summed E-state index contributed by atoms with van der Waals surface area (Å²) in [5, 5.41) is 3.41. The normalized spacial score (nSPS) is 15.6. The Kier molecular flexibility index (Phi) is 9.73. The number of nitrogens with one attached hydrogen (secondary N) is 1. The maximum atomic E-state index is 4.82. The highest BCUT2D eigenvalue weighted by atomic mass is 127. The zero-order valence-corrected chi connectivity index (χ0v) is 18.0. The van der Waals surface area contributed by atoms with Crippen LogP contribution in [0.5, 0.6) is 0 Å². The van der Waals surface area contributed by atoms with Gasteiger partial charge in [-0.2, -0.15) is 0 Å². The Balaban J connectivity index is 0.00000288. The van der Waals surface area contributed by atoms with E-state index in [2.05, 4.69) is 66.1 Å². The van der Waals surface area contributed by atoms with Crippen molar-refractivity contribution in [2.45, 2.75) is 45.2 Å². The Morgan fingerprint density at radius 1 is 1.33 bits per heavy atom. The molecule has 2 rings (SSSR count). The molecule has 0 spiro atoms. The molecular formula is C18H34IN5. The lowest BCUT2D eigenvalue weighted by molar-refractivity contribution is 0.252. The van der Waals surface area contributed by atoms with E-state index < -0.39 is 0 Å². The molecule has 0 unspecified atom stereocenters. The number of rotatable bonds is 7. The van der Waals surface area contributed by atoms with Crippen molar-refractivity contribution >= 4 is 29.9 Å². The number of aromatic nitrogens is 1. The van der Waals surface area contributed by atoms with E-state index in [1.807, 2.05) is 0 Å². The molecule has 0 aliphatic heterocycles. The summed E-state index contributed by atoms with van der Waals surface area (Å²) in [6, 6.07) is 5.02. The van der Waals surface area contributed by atoms with Crippen molar-refractivity contribution in [3.05, 3.63) is 24.0 Å². The van der Waals surface area contributed by atoms with Gasteiger partial charge in [0.1, 0.15) is 0 Å². The molecular weight excluding hydrogens is 413 g/mol. The third kappa shape index (κ3) is 6.27. The minimum atomic E-state index is 0. The third-order valence-electron chi connectivity index (χ3n) is 4.81. The van der Waals surface area contributed by atoms with Crippen LogP contribution in [0.3, 0.4) is 0 Å². The highest BCUT2D eigenvalue weighted by molar-refractivity contribution is 14.0. The lowest BCUT2D eigenvalue weighted by Crippen LogP contribution is -2.39. The fourth-order valence-electron chi connectivity index (χ4n) is 3.29. The zero-order valence-electron chi connectivity index (χ0n) is 15.7. The highest BCUT2D eigenvalue weighted by Gasteiger charge is 2.18. The Morgan fingerprint density at radius 3 is 2.62 bits per heavy atom. The summed E-state index contributed by atoms with van der Waals surface area (Å²) in [4.78, 5) is 9.50. The van der Waals surface area contributed by atoms with Crippen molar-refractivity contribution in [3.8, 4) is 0 Å². The van der Waals surface area contributed by atoms with Gasteiger partial charge in [0.2, 0.25) is 0 Å². The van der Waals surface area contributed by atoms with Crippen LogP contribution < -0.4 is 5.32 Å². The molecule has 0 aromatic carbocycles. The van der Waals surface area contributed by atoms with Gasteiger partial charge in [0.05, 0.1) is 13.1 Å². The summed E-state index contributed by atoms with van der Waals surface area (Å²) in [6.45, 7) is 5.78. The summed E-state index contributed by atoms with van der Waals surface area (Å²) >= 11 is 0. The predicted octanol–water partition coefficient (Wildman–Crippen LogP) is 2.91. The van der Waals surface area contributed by atoms with E-state index in [4.69, 9.17) is 4.99 Å². The van der Waals surface area contributed by atoms with Crippen LogP contribution in [0.15, 0.2) is 23.3 Å². The number of nitrogens with zero attached hydrogens (tertiary/aromatic N) is 4. The molecule has 5 nitrogen and oxygen atoms in total. The van der Waals surface area contributed by atoms with Crippen molar-refractivity contribution in [2.75, 3.05) is 33.7 Å². The Hall–Kier alpha value is -0.760. The van der Waals surface area contributed by atoms with Gasteiger partial charge in [0, 0.05) is 45.1 Å². The smallest absolute Gasteiger partial charge is 0.194 e. The number of hydrogen-bond donors (Lipinski definition) is 1. The van der Waals surface area contributed by atoms with Crippen LogP contribution in [-0.2, 0) is 13.6 Å². The van der Waals surface area contributed by atoms with Gasteiger partial charge in [0.25, 0.3) is 0 Å². The second kappa shape index (κ2) is 11.0. The van der Waals surface area contributed by atoms with Crippen LogP contribution in [0.2, 0.25) is 0 Å². The summed E-state index contributed by atoms with van der Waals surface area (Å²) in [5.74, 6) is 0.994. The van der Waals surface area contributed by atoms with E-state index in [0.29, 0.717) is 0 Å². The van der Waals surface area contributed by atoms with Crippen LogP contribution >= 0.6 is 24.0 Å². The molecule has 138 valence electrons. The van der Waals surface area contributed by atoms with Crippen LogP contribution in [0.25, 0.3) is 0 Å². The summed E-state index contributed by atoms with van der Waals surface area (Å²) < 4.78 is 2.16. The van der Waals surface area contributed by atoms with Crippen molar-refractivity contribution in [3.63, 3.8) is 0 Å².